The maximum Gasteiger partial charge on any atom is 0.414 e. The lowest BCUT2D eigenvalue weighted by Gasteiger charge is -2.21. The second-order valence-corrected chi connectivity index (χ2v) is 7.77. The van der Waals surface area contributed by atoms with E-state index in [1.165, 1.54) is 0 Å². The van der Waals surface area contributed by atoms with Crippen molar-refractivity contribution >= 4 is 46.1 Å². The summed E-state index contributed by atoms with van der Waals surface area (Å²) in [4.78, 5) is 32.7. The van der Waals surface area contributed by atoms with Gasteiger partial charge in [-0.2, -0.15) is 0 Å². The molecule has 0 saturated carbocycles. The maximum absolute atomic E-state index is 12.5. The van der Waals surface area contributed by atoms with Gasteiger partial charge in [0.05, 0.1) is 0 Å². The van der Waals surface area contributed by atoms with Crippen molar-refractivity contribution in [2.75, 3.05) is 26.0 Å². The van der Waals surface area contributed by atoms with Gasteiger partial charge in [-0.05, 0) is 54.7 Å². The second-order valence-electron chi connectivity index (χ2n) is 7.33. The smallest absolute Gasteiger partial charge is 0.414 e. The fourth-order valence-corrected chi connectivity index (χ4v) is 3.02. The highest BCUT2D eigenvalue weighted by Crippen LogP contribution is 2.25. The zero-order valence-electron chi connectivity index (χ0n) is 18.2. The Hall–Kier alpha value is -3.62. The topological polar surface area (TPSA) is 116 Å². The summed E-state index contributed by atoms with van der Waals surface area (Å²) in [6.45, 7) is 0.802. The van der Waals surface area contributed by atoms with Crippen LogP contribution < -0.4 is 5.32 Å². The SMILES string of the molecule is CN(C)CCC(OC(=O)Nc1ccc2ccccc2c1)c1ccc(Cl)cc1.O=C(O)C(=O)O. The van der Waals surface area contributed by atoms with E-state index in [9.17, 15) is 4.79 Å². The summed E-state index contributed by atoms with van der Waals surface area (Å²) in [5.74, 6) is -3.65. The molecular weight excluding hydrogens is 448 g/mol. The third kappa shape index (κ3) is 8.80. The first kappa shape index (κ1) is 25.6. The molecule has 0 aliphatic rings. The van der Waals surface area contributed by atoms with E-state index < -0.39 is 18.0 Å². The Kier molecular flexibility index (Phi) is 9.65. The van der Waals surface area contributed by atoms with Crippen molar-refractivity contribution in [2.24, 2.45) is 0 Å². The molecule has 0 aromatic heterocycles. The van der Waals surface area contributed by atoms with E-state index >= 15 is 0 Å². The number of nitrogens with zero attached hydrogens (tertiary/aromatic N) is 1. The molecule has 8 nitrogen and oxygen atoms in total. The standard InChI is InChI=1S/C22H23ClN2O2.C2H2O4/c1-25(2)14-13-21(17-7-10-19(23)11-8-17)27-22(26)24-20-12-9-16-5-3-4-6-18(16)15-20;3-1(4)2(5)6/h3-12,15,21H,13-14H2,1-2H3,(H,24,26);(H,3,4)(H,5,6). The van der Waals surface area contributed by atoms with Crippen LogP contribution in [0.2, 0.25) is 5.02 Å². The largest absolute Gasteiger partial charge is 0.473 e. The van der Waals surface area contributed by atoms with Crippen LogP contribution in [0, 0.1) is 0 Å². The zero-order chi connectivity index (χ0) is 24.4. The Morgan fingerprint density at radius 2 is 1.55 bits per heavy atom. The van der Waals surface area contributed by atoms with Gasteiger partial charge in [0.1, 0.15) is 6.10 Å². The number of aliphatic carboxylic acids is 2. The molecule has 3 aromatic rings. The number of fused-ring (bicyclic) bond motifs is 1. The lowest BCUT2D eigenvalue weighted by Crippen LogP contribution is -2.21. The number of carboxylic acids is 2. The number of nitrogens with one attached hydrogen (secondary N) is 1. The Morgan fingerprint density at radius 1 is 0.939 bits per heavy atom. The van der Waals surface area contributed by atoms with Gasteiger partial charge in [-0.1, -0.05) is 54.1 Å². The minimum absolute atomic E-state index is 0.342. The van der Waals surface area contributed by atoms with E-state index in [4.69, 9.17) is 36.1 Å². The molecule has 0 spiro atoms. The van der Waals surface area contributed by atoms with E-state index in [1.54, 1.807) is 0 Å². The predicted octanol–water partition coefficient (Wildman–Crippen LogP) is 4.89. The average molecular weight is 473 g/mol. The first-order valence-electron chi connectivity index (χ1n) is 9.98. The van der Waals surface area contributed by atoms with E-state index in [2.05, 4.69) is 10.2 Å². The van der Waals surface area contributed by atoms with Gasteiger partial charge in [-0.15, -0.1) is 0 Å². The van der Waals surface area contributed by atoms with Crippen molar-refractivity contribution in [3.05, 3.63) is 77.3 Å². The van der Waals surface area contributed by atoms with Gasteiger partial charge in [0.15, 0.2) is 0 Å². The molecule has 1 unspecified atom stereocenters. The zero-order valence-corrected chi connectivity index (χ0v) is 19.0. The van der Waals surface area contributed by atoms with E-state index in [0.717, 1.165) is 22.9 Å². The number of benzene rings is 3. The number of carbonyl (C=O) groups is 3. The van der Waals surface area contributed by atoms with Gasteiger partial charge in [0.2, 0.25) is 0 Å². The molecule has 0 saturated heterocycles. The molecule has 174 valence electrons. The van der Waals surface area contributed by atoms with Crippen molar-refractivity contribution in [1.29, 1.82) is 0 Å². The number of hydrogen-bond donors (Lipinski definition) is 3. The van der Waals surface area contributed by atoms with Crippen LogP contribution in [0.3, 0.4) is 0 Å². The molecular formula is C24H25ClN2O6. The third-order valence-corrected chi connectivity index (χ3v) is 4.76. The van der Waals surface area contributed by atoms with Crippen LogP contribution in [0.25, 0.3) is 10.8 Å². The summed E-state index contributed by atoms with van der Waals surface area (Å²) in [6, 6.07) is 21.2. The Bertz CT molecular complexity index is 1090. The molecule has 1 atom stereocenters. The van der Waals surface area contributed by atoms with Crippen molar-refractivity contribution in [3.63, 3.8) is 0 Å². The van der Waals surface area contributed by atoms with Crippen LogP contribution in [0.1, 0.15) is 18.1 Å². The number of carbonyl (C=O) groups excluding carboxylic acids is 1. The van der Waals surface area contributed by atoms with E-state index in [1.807, 2.05) is 80.8 Å². The highest BCUT2D eigenvalue weighted by atomic mass is 35.5. The fourth-order valence-electron chi connectivity index (χ4n) is 2.89. The van der Waals surface area contributed by atoms with Crippen LogP contribution >= 0.6 is 11.6 Å². The summed E-state index contributed by atoms with van der Waals surface area (Å²) in [5, 5.41) is 20.5. The van der Waals surface area contributed by atoms with Gasteiger partial charge in [-0.3, -0.25) is 5.32 Å². The number of amides is 1. The first-order chi connectivity index (χ1) is 15.7. The monoisotopic (exact) mass is 472 g/mol. The average Bonchev–Trinajstić information content (AvgIpc) is 2.77. The molecule has 1 amide bonds. The summed E-state index contributed by atoms with van der Waals surface area (Å²) in [6.07, 6.45) is -0.117. The maximum atomic E-state index is 12.5. The first-order valence-corrected chi connectivity index (χ1v) is 10.4. The number of carboxylic acid groups (broad SMARTS) is 2. The quantitative estimate of drug-likeness (QED) is 0.437. The lowest BCUT2D eigenvalue weighted by atomic mass is 10.1. The van der Waals surface area contributed by atoms with Crippen LogP contribution in [0.15, 0.2) is 66.7 Å². The van der Waals surface area contributed by atoms with Crippen LogP contribution in [0.4, 0.5) is 10.5 Å². The lowest BCUT2D eigenvalue weighted by molar-refractivity contribution is -0.159. The number of ether oxygens (including phenoxy) is 1. The molecule has 0 radical (unpaired) electrons. The molecule has 9 heteroatoms. The number of rotatable bonds is 6. The van der Waals surface area contributed by atoms with Crippen LogP contribution in [-0.2, 0) is 14.3 Å². The Labute approximate surface area is 196 Å². The molecule has 0 aliphatic carbocycles. The van der Waals surface area contributed by atoms with Gasteiger partial charge in [-0.25, -0.2) is 14.4 Å². The van der Waals surface area contributed by atoms with Crippen molar-refractivity contribution < 1.29 is 29.3 Å². The Balaban J connectivity index is 0.000000569. The second kappa shape index (κ2) is 12.4. The fraction of sp³-hybridized carbons (Fsp3) is 0.208. The molecule has 3 N–H and O–H groups in total. The Morgan fingerprint density at radius 3 is 2.12 bits per heavy atom. The summed E-state index contributed by atoms with van der Waals surface area (Å²) in [7, 11) is 3.99. The summed E-state index contributed by atoms with van der Waals surface area (Å²) in [5.41, 5.74) is 1.64. The summed E-state index contributed by atoms with van der Waals surface area (Å²) < 4.78 is 5.72. The minimum atomic E-state index is -1.82. The highest BCUT2D eigenvalue weighted by molar-refractivity contribution is 6.30. The number of anilines is 1. The van der Waals surface area contributed by atoms with Crippen LogP contribution in [0.5, 0.6) is 0 Å². The molecule has 0 aliphatic heterocycles. The van der Waals surface area contributed by atoms with Gasteiger partial charge in [0.25, 0.3) is 0 Å². The van der Waals surface area contributed by atoms with Crippen molar-refractivity contribution in [2.45, 2.75) is 12.5 Å². The van der Waals surface area contributed by atoms with E-state index in [0.29, 0.717) is 17.1 Å². The molecule has 3 rings (SSSR count). The highest BCUT2D eigenvalue weighted by Gasteiger charge is 2.17. The van der Waals surface area contributed by atoms with Crippen molar-refractivity contribution in [3.8, 4) is 0 Å². The molecule has 3 aromatic carbocycles. The van der Waals surface area contributed by atoms with Crippen LogP contribution in [-0.4, -0.2) is 53.8 Å². The molecule has 33 heavy (non-hydrogen) atoms. The van der Waals surface area contributed by atoms with Gasteiger partial charge in [0, 0.05) is 23.7 Å². The summed E-state index contributed by atoms with van der Waals surface area (Å²) >= 11 is 5.98. The number of halogens is 1. The van der Waals surface area contributed by atoms with Gasteiger partial charge >= 0.3 is 18.0 Å². The van der Waals surface area contributed by atoms with E-state index in [-0.39, 0.29) is 6.10 Å². The molecule has 0 fully saturated rings. The van der Waals surface area contributed by atoms with Crippen molar-refractivity contribution in [1.82, 2.24) is 4.90 Å². The normalized spacial score (nSPS) is 11.3. The predicted molar refractivity (Wildman–Crippen MR) is 127 cm³/mol. The van der Waals surface area contributed by atoms with Gasteiger partial charge < -0.3 is 19.8 Å². The third-order valence-electron chi connectivity index (χ3n) is 4.51. The number of hydrogen-bond acceptors (Lipinski definition) is 5. The molecule has 0 bridgehead atoms. The minimum Gasteiger partial charge on any atom is -0.473 e. The molecule has 0 heterocycles.